The molecule has 1 aliphatic carbocycles. The monoisotopic (exact) mass is 405 g/mol. The third-order valence-electron chi connectivity index (χ3n) is 3.81. The predicted octanol–water partition coefficient (Wildman–Crippen LogP) is 4.00. The Morgan fingerprint density at radius 1 is 1.20 bits per heavy atom. The first-order chi connectivity index (χ1) is 9.61. The van der Waals surface area contributed by atoms with Gasteiger partial charge in [0.05, 0.1) is 22.2 Å². The third-order valence-corrected chi connectivity index (χ3v) is 4.99. The van der Waals surface area contributed by atoms with Gasteiger partial charge in [0.25, 0.3) is 0 Å². The zero-order chi connectivity index (χ0) is 14.5. The van der Waals surface area contributed by atoms with Crippen molar-refractivity contribution in [2.45, 2.75) is 50.8 Å². The SMILES string of the molecule is COc1c(Br)cc(CNC2CCCCCC2O)cc1Br. The van der Waals surface area contributed by atoms with Gasteiger partial charge in [-0.1, -0.05) is 19.3 Å². The minimum absolute atomic E-state index is 0.206. The maximum atomic E-state index is 10.1. The third kappa shape index (κ3) is 4.20. The molecule has 0 saturated heterocycles. The minimum Gasteiger partial charge on any atom is -0.494 e. The van der Waals surface area contributed by atoms with Crippen LogP contribution in [0.4, 0.5) is 0 Å². The van der Waals surface area contributed by atoms with E-state index in [4.69, 9.17) is 4.74 Å². The molecule has 0 heterocycles. The molecule has 0 aliphatic heterocycles. The summed E-state index contributed by atoms with van der Waals surface area (Å²) in [6, 6.07) is 4.32. The smallest absolute Gasteiger partial charge is 0.147 e. The number of hydrogen-bond acceptors (Lipinski definition) is 3. The molecule has 2 unspecified atom stereocenters. The quantitative estimate of drug-likeness (QED) is 0.742. The summed E-state index contributed by atoms with van der Waals surface area (Å²) in [5.41, 5.74) is 1.17. The van der Waals surface area contributed by atoms with Crippen molar-refractivity contribution in [3.8, 4) is 5.75 Å². The number of aliphatic hydroxyl groups is 1. The van der Waals surface area contributed by atoms with Crippen LogP contribution in [0.2, 0.25) is 0 Å². The van der Waals surface area contributed by atoms with Gasteiger partial charge >= 0.3 is 0 Å². The molecule has 112 valence electrons. The van der Waals surface area contributed by atoms with Gasteiger partial charge in [-0.25, -0.2) is 0 Å². The molecule has 1 fully saturated rings. The Kier molecular flexibility index (Phi) is 6.33. The molecule has 1 aromatic carbocycles. The van der Waals surface area contributed by atoms with Crippen LogP contribution in [0.1, 0.15) is 37.7 Å². The number of aliphatic hydroxyl groups excluding tert-OH is 1. The van der Waals surface area contributed by atoms with Gasteiger partial charge in [-0.05, 0) is 62.4 Å². The van der Waals surface area contributed by atoms with Crippen LogP contribution in [0.25, 0.3) is 0 Å². The fourth-order valence-electron chi connectivity index (χ4n) is 2.68. The molecule has 0 aromatic heterocycles. The predicted molar refractivity (Wildman–Crippen MR) is 88.1 cm³/mol. The second-order valence-corrected chi connectivity index (χ2v) is 6.99. The summed E-state index contributed by atoms with van der Waals surface area (Å²) >= 11 is 7.03. The Balaban J connectivity index is 1.99. The zero-order valence-electron chi connectivity index (χ0n) is 11.7. The zero-order valence-corrected chi connectivity index (χ0v) is 14.8. The van der Waals surface area contributed by atoms with Crippen LogP contribution in [0.3, 0.4) is 0 Å². The van der Waals surface area contributed by atoms with Crippen molar-refractivity contribution >= 4 is 31.9 Å². The lowest BCUT2D eigenvalue weighted by Crippen LogP contribution is -2.38. The molecule has 2 rings (SSSR count). The van der Waals surface area contributed by atoms with E-state index in [2.05, 4.69) is 49.3 Å². The van der Waals surface area contributed by atoms with Gasteiger partial charge in [-0.2, -0.15) is 0 Å². The van der Waals surface area contributed by atoms with Crippen LogP contribution in [0.15, 0.2) is 21.1 Å². The van der Waals surface area contributed by atoms with Gasteiger partial charge in [0.2, 0.25) is 0 Å². The Hall–Kier alpha value is -0.100. The lowest BCUT2D eigenvalue weighted by atomic mass is 10.1. The fourth-order valence-corrected chi connectivity index (χ4v) is 4.29. The maximum Gasteiger partial charge on any atom is 0.147 e. The van der Waals surface area contributed by atoms with E-state index in [1.807, 2.05) is 0 Å². The van der Waals surface area contributed by atoms with E-state index in [-0.39, 0.29) is 12.1 Å². The van der Waals surface area contributed by atoms with Gasteiger partial charge in [0.1, 0.15) is 5.75 Å². The normalized spacial score (nSPS) is 23.4. The molecule has 1 saturated carbocycles. The van der Waals surface area contributed by atoms with E-state index in [1.54, 1.807) is 7.11 Å². The maximum absolute atomic E-state index is 10.1. The first-order valence-electron chi connectivity index (χ1n) is 7.05. The molecule has 2 atom stereocenters. The molecule has 0 bridgehead atoms. The number of nitrogens with one attached hydrogen (secondary N) is 1. The molecule has 3 nitrogen and oxygen atoms in total. The summed E-state index contributed by atoms with van der Waals surface area (Å²) in [7, 11) is 1.66. The molecular weight excluding hydrogens is 386 g/mol. The summed E-state index contributed by atoms with van der Waals surface area (Å²) in [6.45, 7) is 0.753. The van der Waals surface area contributed by atoms with Crippen molar-refractivity contribution in [2.24, 2.45) is 0 Å². The first-order valence-corrected chi connectivity index (χ1v) is 8.63. The van der Waals surface area contributed by atoms with Crippen LogP contribution >= 0.6 is 31.9 Å². The standard InChI is InChI=1S/C15H21Br2NO2/c1-20-15-11(16)7-10(8-12(15)17)9-18-13-5-3-2-4-6-14(13)19/h7-8,13-14,18-19H,2-6,9H2,1H3. The second kappa shape index (κ2) is 7.78. The van der Waals surface area contributed by atoms with E-state index < -0.39 is 0 Å². The molecule has 0 spiro atoms. The van der Waals surface area contributed by atoms with E-state index in [1.165, 1.54) is 18.4 Å². The largest absolute Gasteiger partial charge is 0.494 e. The topological polar surface area (TPSA) is 41.5 Å². The van der Waals surface area contributed by atoms with Gasteiger partial charge in [-0.15, -0.1) is 0 Å². The molecule has 0 amide bonds. The lowest BCUT2D eigenvalue weighted by molar-refractivity contribution is 0.119. The van der Waals surface area contributed by atoms with Crippen molar-refractivity contribution in [1.82, 2.24) is 5.32 Å². The van der Waals surface area contributed by atoms with Crippen molar-refractivity contribution in [3.05, 3.63) is 26.6 Å². The Labute approximate surface area is 137 Å². The highest BCUT2D eigenvalue weighted by molar-refractivity contribution is 9.11. The van der Waals surface area contributed by atoms with Crippen LogP contribution < -0.4 is 10.1 Å². The Bertz CT molecular complexity index is 430. The summed E-state index contributed by atoms with van der Waals surface area (Å²) in [6.07, 6.45) is 5.31. The molecule has 1 aliphatic rings. The molecular formula is C15H21Br2NO2. The van der Waals surface area contributed by atoms with E-state index in [0.717, 1.165) is 40.5 Å². The van der Waals surface area contributed by atoms with Crippen molar-refractivity contribution in [1.29, 1.82) is 0 Å². The number of benzene rings is 1. The van der Waals surface area contributed by atoms with E-state index in [0.29, 0.717) is 0 Å². The van der Waals surface area contributed by atoms with Crippen molar-refractivity contribution in [2.75, 3.05) is 7.11 Å². The van der Waals surface area contributed by atoms with Crippen LogP contribution in [0, 0.1) is 0 Å². The molecule has 2 N–H and O–H groups in total. The van der Waals surface area contributed by atoms with Gasteiger partial charge < -0.3 is 15.2 Å². The Morgan fingerprint density at radius 2 is 1.85 bits per heavy atom. The number of halogens is 2. The van der Waals surface area contributed by atoms with Gasteiger partial charge in [0.15, 0.2) is 0 Å². The van der Waals surface area contributed by atoms with E-state index >= 15 is 0 Å². The van der Waals surface area contributed by atoms with Crippen molar-refractivity contribution in [3.63, 3.8) is 0 Å². The summed E-state index contributed by atoms with van der Waals surface area (Å²) < 4.78 is 7.18. The first kappa shape index (κ1) is 16.3. The highest BCUT2D eigenvalue weighted by atomic mass is 79.9. The average molecular weight is 407 g/mol. The highest BCUT2D eigenvalue weighted by Gasteiger charge is 2.21. The summed E-state index contributed by atoms with van der Waals surface area (Å²) in [5, 5.41) is 13.6. The van der Waals surface area contributed by atoms with Gasteiger partial charge in [0, 0.05) is 12.6 Å². The van der Waals surface area contributed by atoms with Crippen LogP contribution in [-0.4, -0.2) is 24.4 Å². The van der Waals surface area contributed by atoms with Crippen LogP contribution in [-0.2, 0) is 6.54 Å². The highest BCUT2D eigenvalue weighted by Crippen LogP contribution is 2.34. The molecule has 20 heavy (non-hydrogen) atoms. The summed E-state index contributed by atoms with van der Waals surface area (Å²) in [5.74, 6) is 0.809. The molecule has 0 radical (unpaired) electrons. The number of rotatable bonds is 4. The average Bonchev–Trinajstić information content (AvgIpc) is 2.61. The minimum atomic E-state index is -0.220. The molecule has 5 heteroatoms. The van der Waals surface area contributed by atoms with Gasteiger partial charge in [-0.3, -0.25) is 0 Å². The Morgan fingerprint density at radius 3 is 2.50 bits per heavy atom. The second-order valence-electron chi connectivity index (χ2n) is 5.29. The van der Waals surface area contributed by atoms with Crippen molar-refractivity contribution < 1.29 is 9.84 Å². The number of ether oxygens (including phenoxy) is 1. The molecule has 1 aromatic rings. The van der Waals surface area contributed by atoms with E-state index in [9.17, 15) is 5.11 Å². The summed E-state index contributed by atoms with van der Waals surface area (Å²) in [4.78, 5) is 0. The van der Waals surface area contributed by atoms with Crippen LogP contribution in [0.5, 0.6) is 5.75 Å². The fraction of sp³-hybridized carbons (Fsp3) is 0.600. The number of methoxy groups -OCH3 is 1. The number of hydrogen-bond donors (Lipinski definition) is 2. The lowest BCUT2D eigenvalue weighted by Gasteiger charge is -2.22.